The number of carbonyl (C=O) groups excluding carboxylic acids is 2. The fourth-order valence-electron chi connectivity index (χ4n) is 4.58. The first-order chi connectivity index (χ1) is 20.6. The maximum absolute atomic E-state index is 13.2. The second kappa shape index (κ2) is 13.5. The molecule has 4 aromatic rings. The number of amides is 1. The number of para-hydroxylation sites is 3. The van der Waals surface area contributed by atoms with Crippen LogP contribution in [0.15, 0.2) is 120 Å². The van der Waals surface area contributed by atoms with Gasteiger partial charge in [-0.2, -0.15) is 4.99 Å². The average Bonchev–Trinajstić information content (AvgIpc) is 3.32. The van der Waals surface area contributed by atoms with Crippen LogP contribution in [0.2, 0.25) is 0 Å². The minimum atomic E-state index is -0.452. The molecule has 4 aromatic carbocycles. The zero-order valence-electron chi connectivity index (χ0n) is 23.8. The lowest BCUT2D eigenvalue weighted by Crippen LogP contribution is -2.29. The molecule has 0 unspecified atom stereocenters. The summed E-state index contributed by atoms with van der Waals surface area (Å²) in [6.07, 6.45) is 3.42. The lowest BCUT2D eigenvalue weighted by atomic mass is 10.1. The number of aliphatic imine (C=N–C) groups is 1. The van der Waals surface area contributed by atoms with Gasteiger partial charge in [0, 0.05) is 23.6 Å². The van der Waals surface area contributed by atoms with E-state index < -0.39 is 5.97 Å². The van der Waals surface area contributed by atoms with E-state index in [1.807, 2.05) is 74.5 Å². The molecule has 1 amide bonds. The van der Waals surface area contributed by atoms with Crippen molar-refractivity contribution in [2.75, 3.05) is 18.1 Å². The van der Waals surface area contributed by atoms with Gasteiger partial charge in [0.25, 0.3) is 5.91 Å². The summed E-state index contributed by atoms with van der Waals surface area (Å²) in [5, 5.41) is 0. The number of ether oxygens (including phenoxy) is 2. The summed E-state index contributed by atoms with van der Waals surface area (Å²) in [6, 6.07) is 35.3. The zero-order valence-corrected chi connectivity index (χ0v) is 23.8. The predicted molar refractivity (Wildman–Crippen MR) is 166 cm³/mol. The maximum atomic E-state index is 13.2. The summed E-state index contributed by atoms with van der Waals surface area (Å²) in [7, 11) is 0. The Morgan fingerprint density at radius 2 is 1.43 bits per heavy atom. The quantitative estimate of drug-likeness (QED) is 0.112. The van der Waals surface area contributed by atoms with E-state index >= 15 is 0 Å². The van der Waals surface area contributed by atoms with Gasteiger partial charge in [0.05, 0.1) is 17.9 Å². The number of nitrogens with zero attached hydrogens (tertiary/aromatic N) is 3. The van der Waals surface area contributed by atoms with Gasteiger partial charge >= 0.3 is 12.0 Å². The first-order valence-corrected chi connectivity index (χ1v) is 14.2. The van der Waals surface area contributed by atoms with Crippen LogP contribution in [0.4, 0.5) is 22.7 Å². The highest BCUT2D eigenvalue weighted by Gasteiger charge is 2.34. The summed E-state index contributed by atoms with van der Waals surface area (Å²) in [6.45, 7) is 4.59. The Bertz CT molecular complexity index is 1540. The van der Waals surface area contributed by atoms with Gasteiger partial charge in [0.2, 0.25) is 0 Å². The maximum Gasteiger partial charge on any atom is 0.340 e. The Balaban J connectivity index is 1.40. The lowest BCUT2D eigenvalue weighted by molar-refractivity contribution is -0.122. The number of hydrogen-bond donors (Lipinski definition) is 0. The van der Waals surface area contributed by atoms with Crippen molar-refractivity contribution in [1.82, 2.24) is 4.90 Å². The van der Waals surface area contributed by atoms with Crippen LogP contribution in [0.5, 0.6) is 0 Å². The minimum Gasteiger partial charge on any atom is -0.462 e. The Morgan fingerprint density at radius 1 is 0.833 bits per heavy atom. The van der Waals surface area contributed by atoms with Gasteiger partial charge in [0.15, 0.2) is 5.76 Å². The van der Waals surface area contributed by atoms with Crippen LogP contribution >= 0.6 is 0 Å². The van der Waals surface area contributed by atoms with E-state index in [9.17, 15) is 9.59 Å². The molecular weight excluding hydrogens is 526 g/mol. The number of unbranched alkanes of at least 4 members (excludes halogenated alkanes) is 1. The summed E-state index contributed by atoms with van der Waals surface area (Å²) in [4.78, 5) is 34.1. The van der Waals surface area contributed by atoms with Crippen molar-refractivity contribution < 1.29 is 19.1 Å². The zero-order chi connectivity index (χ0) is 29.3. The van der Waals surface area contributed by atoms with Crippen LogP contribution in [0, 0.1) is 0 Å². The fraction of sp³-hybridized carbons (Fsp3) is 0.171. The minimum absolute atomic E-state index is 0.124. The van der Waals surface area contributed by atoms with E-state index in [4.69, 9.17) is 9.47 Å². The fourth-order valence-corrected chi connectivity index (χ4v) is 4.58. The Labute approximate surface area is 246 Å². The number of rotatable bonds is 10. The van der Waals surface area contributed by atoms with Gasteiger partial charge in [-0.1, -0.05) is 74.0 Å². The molecular formula is C35H33N3O4. The largest absolute Gasteiger partial charge is 0.462 e. The van der Waals surface area contributed by atoms with Crippen LogP contribution in [-0.2, 0) is 14.3 Å². The molecule has 7 heteroatoms. The Hall–Kier alpha value is -5.17. The van der Waals surface area contributed by atoms with Crippen LogP contribution < -0.4 is 4.90 Å². The van der Waals surface area contributed by atoms with Crippen molar-refractivity contribution in [3.05, 3.63) is 126 Å². The smallest absolute Gasteiger partial charge is 0.340 e. The van der Waals surface area contributed by atoms with Crippen molar-refractivity contribution >= 4 is 46.7 Å². The van der Waals surface area contributed by atoms with Crippen molar-refractivity contribution in [2.24, 2.45) is 4.99 Å². The van der Waals surface area contributed by atoms with E-state index in [2.05, 4.69) is 34.2 Å². The molecule has 0 radical (unpaired) electrons. The van der Waals surface area contributed by atoms with E-state index in [1.165, 1.54) is 4.90 Å². The highest BCUT2D eigenvalue weighted by atomic mass is 16.5. The highest BCUT2D eigenvalue weighted by molar-refractivity contribution is 6.12. The second-order valence-electron chi connectivity index (χ2n) is 9.66. The molecule has 0 saturated carbocycles. The summed E-state index contributed by atoms with van der Waals surface area (Å²) in [5.74, 6) is -0.584. The standard InChI is InChI=1S/C35H33N3O4/c1-3-5-24-41-34(40)30-18-12-13-19-31(30)36-35-37(4-2)33(39)32(42-35)25-26-20-22-29(23-21-26)38(27-14-8-6-9-15-27)28-16-10-7-11-17-28/h6-23,25H,3-5,24H2,1-2H3/b32-25+,36-35+. The molecule has 1 heterocycles. The molecule has 0 atom stereocenters. The van der Waals surface area contributed by atoms with Crippen molar-refractivity contribution in [3.63, 3.8) is 0 Å². The molecule has 7 nitrogen and oxygen atoms in total. The summed E-state index contributed by atoms with van der Waals surface area (Å²) in [5.41, 5.74) is 4.57. The molecule has 0 aliphatic carbocycles. The third-order valence-corrected chi connectivity index (χ3v) is 6.75. The average molecular weight is 560 g/mol. The SMILES string of the molecule is CCCCOC(=O)c1ccccc1/N=C1/O/C(=C/c2ccc(N(c3ccccc3)c3ccccc3)cc2)C(=O)N1CC. The van der Waals surface area contributed by atoms with Gasteiger partial charge in [-0.15, -0.1) is 0 Å². The molecule has 1 aliphatic heterocycles. The van der Waals surface area contributed by atoms with E-state index in [-0.39, 0.29) is 17.7 Å². The predicted octanol–water partition coefficient (Wildman–Crippen LogP) is 8.02. The number of amidine groups is 1. The topological polar surface area (TPSA) is 71.4 Å². The molecule has 1 aliphatic rings. The summed E-state index contributed by atoms with van der Waals surface area (Å²) < 4.78 is 11.3. The van der Waals surface area contributed by atoms with Crippen molar-refractivity contribution in [1.29, 1.82) is 0 Å². The lowest BCUT2D eigenvalue weighted by Gasteiger charge is -2.25. The van der Waals surface area contributed by atoms with Crippen LogP contribution in [0.1, 0.15) is 42.6 Å². The number of esters is 1. The third-order valence-electron chi connectivity index (χ3n) is 6.75. The van der Waals surface area contributed by atoms with Gasteiger partial charge < -0.3 is 14.4 Å². The van der Waals surface area contributed by atoms with Gasteiger partial charge in [-0.25, -0.2) is 4.79 Å². The van der Waals surface area contributed by atoms with Gasteiger partial charge in [0.1, 0.15) is 0 Å². The molecule has 0 N–H and O–H groups in total. The number of anilines is 3. The highest BCUT2D eigenvalue weighted by Crippen LogP contribution is 2.34. The molecule has 0 aromatic heterocycles. The van der Waals surface area contributed by atoms with E-state index in [0.717, 1.165) is 35.5 Å². The number of likely N-dealkylation sites (N-methyl/N-ethyl adjacent to an activating group) is 1. The summed E-state index contributed by atoms with van der Waals surface area (Å²) >= 11 is 0. The molecule has 1 fully saturated rings. The molecule has 212 valence electrons. The molecule has 1 saturated heterocycles. The second-order valence-corrected chi connectivity index (χ2v) is 9.66. The van der Waals surface area contributed by atoms with E-state index in [0.29, 0.717) is 24.4 Å². The van der Waals surface area contributed by atoms with E-state index in [1.54, 1.807) is 30.3 Å². The van der Waals surface area contributed by atoms with Crippen molar-refractivity contribution in [3.8, 4) is 0 Å². The van der Waals surface area contributed by atoms with Crippen LogP contribution in [0.3, 0.4) is 0 Å². The number of carbonyl (C=O) groups is 2. The first-order valence-electron chi connectivity index (χ1n) is 14.2. The molecule has 0 spiro atoms. The molecule has 42 heavy (non-hydrogen) atoms. The molecule has 0 bridgehead atoms. The Morgan fingerprint density at radius 3 is 2.05 bits per heavy atom. The number of hydrogen-bond acceptors (Lipinski definition) is 6. The third kappa shape index (κ3) is 6.41. The normalized spacial score (nSPS) is 14.7. The Kier molecular flexibility index (Phi) is 9.09. The van der Waals surface area contributed by atoms with Crippen molar-refractivity contribution in [2.45, 2.75) is 26.7 Å². The molecule has 5 rings (SSSR count). The monoisotopic (exact) mass is 559 g/mol. The van der Waals surface area contributed by atoms with Gasteiger partial charge in [-0.3, -0.25) is 9.69 Å². The van der Waals surface area contributed by atoms with Gasteiger partial charge in [-0.05, 0) is 73.5 Å². The van der Waals surface area contributed by atoms with Crippen LogP contribution in [0.25, 0.3) is 6.08 Å². The van der Waals surface area contributed by atoms with Crippen LogP contribution in [-0.4, -0.2) is 35.9 Å². The number of benzene rings is 4. The first kappa shape index (κ1) is 28.4.